The molecule has 0 heterocycles. The van der Waals surface area contributed by atoms with Crippen molar-refractivity contribution < 1.29 is 1.43 Å². The highest BCUT2D eigenvalue weighted by atomic mass is 15.1. The second-order valence-electron chi connectivity index (χ2n) is 20.4. The minimum atomic E-state index is -0.447. The molecule has 0 unspecified atom stereocenters. The number of nitrogens with zero attached hydrogens (tertiary/aromatic N) is 1. The van der Waals surface area contributed by atoms with Gasteiger partial charge in [-0.25, -0.2) is 0 Å². The zero-order valence-electron chi connectivity index (χ0n) is 38.8. The van der Waals surface area contributed by atoms with Crippen LogP contribution in [0.4, 0.5) is 17.1 Å². The van der Waals surface area contributed by atoms with E-state index in [2.05, 4.69) is 257 Å². The van der Waals surface area contributed by atoms with Gasteiger partial charge in [0.05, 0.1) is 5.41 Å². The van der Waals surface area contributed by atoms with Gasteiger partial charge in [0, 0.05) is 29.3 Å². The molecular formula is C68H55N. The van der Waals surface area contributed by atoms with Gasteiger partial charge in [-0.15, -0.1) is 0 Å². The Kier molecular flexibility index (Phi) is 8.81. The van der Waals surface area contributed by atoms with Gasteiger partial charge in [-0.1, -0.05) is 217 Å². The highest BCUT2D eigenvalue weighted by molar-refractivity contribution is 6.01. The maximum absolute atomic E-state index is 2.51. The van der Waals surface area contributed by atoms with Gasteiger partial charge in [-0.3, -0.25) is 0 Å². The van der Waals surface area contributed by atoms with Crippen molar-refractivity contribution in [3.63, 3.8) is 0 Å². The van der Waals surface area contributed by atoms with Crippen LogP contribution in [0.1, 0.15) is 81.1 Å². The molecule has 0 bridgehead atoms. The van der Waals surface area contributed by atoms with Crippen molar-refractivity contribution in [2.45, 2.75) is 51.4 Å². The summed E-state index contributed by atoms with van der Waals surface area (Å²) in [7, 11) is 0. The lowest BCUT2D eigenvalue weighted by Gasteiger charge is -2.31. The molecule has 332 valence electrons. The topological polar surface area (TPSA) is 3.24 Å². The molecular weight excluding hydrogens is 831 g/mol. The predicted octanol–water partition coefficient (Wildman–Crippen LogP) is 18.3. The number of hydrogen-bond acceptors (Lipinski definition) is 1. The summed E-state index contributed by atoms with van der Waals surface area (Å²) in [5, 5.41) is 0. The lowest BCUT2D eigenvalue weighted by molar-refractivity contribution is 0.660. The van der Waals surface area contributed by atoms with Gasteiger partial charge in [0.1, 0.15) is 0 Å². The lowest BCUT2D eigenvalue weighted by Crippen LogP contribution is -2.25. The van der Waals surface area contributed by atoms with E-state index >= 15 is 0 Å². The van der Waals surface area contributed by atoms with Gasteiger partial charge < -0.3 is 4.90 Å². The van der Waals surface area contributed by atoms with Gasteiger partial charge in [-0.05, 0) is 154 Å². The fourth-order valence-electron chi connectivity index (χ4n) is 13.1. The zero-order chi connectivity index (χ0) is 45.5. The predicted molar refractivity (Wildman–Crippen MR) is 292 cm³/mol. The van der Waals surface area contributed by atoms with Crippen molar-refractivity contribution in [1.29, 1.82) is 0 Å². The largest absolute Gasteiger partial charge is 0.310 e. The van der Waals surface area contributed by atoms with Crippen LogP contribution in [0, 0.1) is 0 Å². The first-order valence-corrected chi connectivity index (χ1v) is 24.2. The first-order valence-electron chi connectivity index (χ1n) is 24.2. The summed E-state index contributed by atoms with van der Waals surface area (Å²) in [5.41, 5.74) is 29.2. The Morgan fingerprint density at radius 1 is 0.275 bits per heavy atom. The molecule has 0 amide bonds. The van der Waals surface area contributed by atoms with Gasteiger partial charge in [0.25, 0.3) is 0 Å². The molecule has 0 saturated heterocycles. The Labute approximate surface area is 408 Å². The normalized spacial score (nSPS) is 14.9. The molecule has 0 fully saturated rings. The van der Waals surface area contributed by atoms with Gasteiger partial charge in [0.15, 0.2) is 0 Å². The first-order chi connectivity index (χ1) is 33.2. The van der Waals surface area contributed by atoms with E-state index in [9.17, 15) is 0 Å². The van der Waals surface area contributed by atoms with Crippen LogP contribution in [0.2, 0.25) is 0 Å². The molecule has 0 radical (unpaired) electrons. The molecule has 1 spiro atoms. The Morgan fingerprint density at radius 2 is 0.681 bits per heavy atom. The maximum atomic E-state index is 2.51. The van der Waals surface area contributed by atoms with Crippen molar-refractivity contribution in [1.82, 2.24) is 0 Å². The summed E-state index contributed by atoms with van der Waals surface area (Å²) in [4.78, 5) is 2.48. The molecule has 14 rings (SSSR count). The average Bonchev–Trinajstić information content (AvgIpc) is 4.02. The molecule has 0 N–H and O–H groups in total. The fourth-order valence-corrected chi connectivity index (χ4v) is 13.1. The molecule has 69 heavy (non-hydrogen) atoms. The summed E-state index contributed by atoms with van der Waals surface area (Å²) in [6.45, 7) is 9.50. The molecule has 4 aliphatic carbocycles. The standard InChI is InChI=1S/C67H49N.CH4.H2/c1-65(2)56-24-12-8-19-49(56)53-37-34-46(40-61(53)65)68(47-35-38-54-50-20-9-13-25-57(50)66(3,4)62(54)41-47)45-32-29-42(30-33-45)44-31-36-55-63(39-44)67(58-26-14-10-21-51(58)52-22-11-15-27-59(52)67)60-28-16-23-48(64(55)60)43-17-6-5-7-18-43;;/h5-41H,1-4H3;1H4;1H. The Bertz CT molecular complexity index is 3590. The molecule has 10 aromatic carbocycles. The van der Waals surface area contributed by atoms with Gasteiger partial charge >= 0.3 is 0 Å². The van der Waals surface area contributed by atoms with E-state index in [1.54, 1.807) is 0 Å². The summed E-state index contributed by atoms with van der Waals surface area (Å²) in [6.07, 6.45) is 0. The first kappa shape index (κ1) is 41.2. The van der Waals surface area contributed by atoms with Crippen LogP contribution in [-0.2, 0) is 16.2 Å². The molecule has 10 aromatic rings. The molecule has 0 saturated carbocycles. The third kappa shape index (κ3) is 5.53. The van der Waals surface area contributed by atoms with Crippen LogP contribution < -0.4 is 4.90 Å². The van der Waals surface area contributed by atoms with E-state index in [4.69, 9.17) is 0 Å². The number of hydrogen-bond donors (Lipinski definition) is 0. The van der Waals surface area contributed by atoms with Gasteiger partial charge in [-0.2, -0.15) is 0 Å². The van der Waals surface area contributed by atoms with Crippen LogP contribution in [0.15, 0.2) is 224 Å². The zero-order valence-corrected chi connectivity index (χ0v) is 38.8. The van der Waals surface area contributed by atoms with Crippen molar-refractivity contribution in [2.24, 2.45) is 0 Å². The van der Waals surface area contributed by atoms with Crippen molar-refractivity contribution in [3.8, 4) is 66.8 Å². The number of anilines is 3. The molecule has 0 atom stereocenters. The molecule has 0 aliphatic heterocycles. The highest BCUT2D eigenvalue weighted by Crippen LogP contribution is 2.64. The fraction of sp³-hybridized carbons (Fsp3) is 0.118. The maximum Gasteiger partial charge on any atom is 0.0725 e. The minimum Gasteiger partial charge on any atom is -0.310 e. The number of benzene rings is 10. The molecule has 0 aromatic heterocycles. The average molecular weight is 886 g/mol. The van der Waals surface area contributed by atoms with Crippen LogP contribution in [-0.4, -0.2) is 0 Å². The van der Waals surface area contributed by atoms with Gasteiger partial charge in [0.2, 0.25) is 0 Å². The van der Waals surface area contributed by atoms with Crippen molar-refractivity contribution >= 4 is 17.1 Å². The minimum absolute atomic E-state index is 0. The monoisotopic (exact) mass is 885 g/mol. The Morgan fingerprint density at radius 3 is 1.23 bits per heavy atom. The summed E-state index contributed by atoms with van der Waals surface area (Å²) in [6, 6.07) is 84.9. The van der Waals surface area contributed by atoms with E-state index in [0.717, 1.165) is 17.1 Å². The SMILES string of the molecule is C.CC1(C)c2ccccc2-c2ccc(N(c3ccc(-c4ccc5c(c4)C4(c6ccccc6-c6ccccc64)c4cccc(-c6ccccc6)c4-5)cc3)c3ccc4c(c3)C(C)(C)c3ccccc3-4)cc21.[HH]. The quantitative estimate of drug-likeness (QED) is 0.166. The van der Waals surface area contributed by atoms with Crippen molar-refractivity contribution in [2.75, 3.05) is 4.90 Å². The summed E-state index contributed by atoms with van der Waals surface area (Å²) < 4.78 is 0. The van der Waals surface area contributed by atoms with E-state index in [-0.39, 0.29) is 19.7 Å². The third-order valence-electron chi connectivity index (χ3n) is 16.3. The Balaban J connectivity index is 0.00000252. The second-order valence-corrected chi connectivity index (χ2v) is 20.4. The van der Waals surface area contributed by atoms with E-state index < -0.39 is 5.41 Å². The Hall–Kier alpha value is -8.00. The lowest BCUT2D eigenvalue weighted by atomic mass is 9.70. The molecule has 4 aliphatic rings. The van der Waals surface area contributed by atoms with Crippen LogP contribution in [0.3, 0.4) is 0 Å². The van der Waals surface area contributed by atoms with E-state index in [1.165, 1.54) is 111 Å². The van der Waals surface area contributed by atoms with Crippen LogP contribution in [0.25, 0.3) is 66.8 Å². The summed E-state index contributed by atoms with van der Waals surface area (Å²) in [5.74, 6) is 0. The summed E-state index contributed by atoms with van der Waals surface area (Å²) >= 11 is 0. The second kappa shape index (κ2) is 14.7. The van der Waals surface area contributed by atoms with Crippen LogP contribution in [0.5, 0.6) is 0 Å². The molecule has 1 heteroatoms. The van der Waals surface area contributed by atoms with Crippen molar-refractivity contribution in [3.05, 3.63) is 269 Å². The third-order valence-corrected chi connectivity index (χ3v) is 16.3. The van der Waals surface area contributed by atoms with E-state index in [0.29, 0.717) is 0 Å². The smallest absolute Gasteiger partial charge is 0.0725 e. The highest BCUT2D eigenvalue weighted by Gasteiger charge is 2.52. The molecule has 1 nitrogen and oxygen atoms in total. The van der Waals surface area contributed by atoms with E-state index in [1.807, 2.05) is 0 Å². The number of fused-ring (bicyclic) bond motifs is 16. The van der Waals surface area contributed by atoms with Crippen LogP contribution >= 0.6 is 0 Å². The number of rotatable bonds is 5.